The number of unbranched alkanes of at least 4 members (excludes halogenated alkanes) is 1. The fourth-order valence-electron chi connectivity index (χ4n) is 2.06. The van der Waals surface area contributed by atoms with Gasteiger partial charge in [0.15, 0.2) is 0 Å². The van der Waals surface area contributed by atoms with Gasteiger partial charge in [-0.05, 0) is 19.3 Å². The molecule has 0 aromatic carbocycles. The minimum atomic E-state index is -4.82. The van der Waals surface area contributed by atoms with Gasteiger partial charge < -0.3 is 10.2 Å². The van der Waals surface area contributed by atoms with Crippen LogP contribution in [0.2, 0.25) is 0 Å². The van der Waals surface area contributed by atoms with Gasteiger partial charge in [-0.15, -0.1) is 0 Å². The van der Waals surface area contributed by atoms with Crippen LogP contribution in [0.15, 0.2) is 0 Å². The molecule has 1 heterocycles. The Bertz CT molecular complexity index is 323. The lowest BCUT2D eigenvalue weighted by atomic mass is 9.96. The SMILES string of the molecule is CCCCNC(=O)C1CCN(C(=O)C(F)(F)F)CC1. The van der Waals surface area contributed by atoms with Crippen molar-refractivity contribution in [1.82, 2.24) is 10.2 Å². The van der Waals surface area contributed by atoms with Crippen molar-refractivity contribution in [2.45, 2.75) is 38.8 Å². The van der Waals surface area contributed by atoms with Gasteiger partial charge in [0, 0.05) is 25.6 Å². The van der Waals surface area contributed by atoms with E-state index in [0.29, 0.717) is 19.4 Å². The molecule has 4 nitrogen and oxygen atoms in total. The maximum Gasteiger partial charge on any atom is 0.471 e. The van der Waals surface area contributed by atoms with Crippen molar-refractivity contribution in [3.8, 4) is 0 Å². The first-order valence-electron chi connectivity index (χ1n) is 6.50. The van der Waals surface area contributed by atoms with Crippen LogP contribution < -0.4 is 5.32 Å². The molecule has 0 unspecified atom stereocenters. The molecule has 1 aliphatic heterocycles. The third kappa shape index (κ3) is 4.72. The Morgan fingerprint density at radius 1 is 1.26 bits per heavy atom. The number of hydrogen-bond donors (Lipinski definition) is 1. The lowest BCUT2D eigenvalue weighted by molar-refractivity contribution is -0.186. The summed E-state index contributed by atoms with van der Waals surface area (Å²) < 4.78 is 36.7. The van der Waals surface area contributed by atoms with Crippen molar-refractivity contribution in [2.75, 3.05) is 19.6 Å². The molecule has 1 rings (SSSR count). The Hall–Kier alpha value is -1.27. The predicted octanol–water partition coefficient (Wildman–Crippen LogP) is 1.70. The standard InChI is InChI=1S/C12H19F3N2O2/c1-2-3-6-16-10(18)9-4-7-17(8-5-9)11(19)12(13,14)15/h9H,2-8H2,1H3,(H,16,18). The molecule has 7 heteroatoms. The van der Waals surface area contributed by atoms with Crippen LogP contribution in [0.5, 0.6) is 0 Å². The molecule has 1 N–H and O–H groups in total. The average Bonchev–Trinajstić information content (AvgIpc) is 2.37. The van der Waals surface area contributed by atoms with Gasteiger partial charge in [-0.25, -0.2) is 0 Å². The summed E-state index contributed by atoms with van der Waals surface area (Å²) in [5.41, 5.74) is 0. The monoisotopic (exact) mass is 280 g/mol. The van der Waals surface area contributed by atoms with Gasteiger partial charge in [-0.3, -0.25) is 9.59 Å². The highest BCUT2D eigenvalue weighted by atomic mass is 19.4. The maximum absolute atomic E-state index is 12.2. The fraction of sp³-hybridized carbons (Fsp3) is 0.833. The number of nitrogens with one attached hydrogen (secondary N) is 1. The number of carbonyl (C=O) groups is 2. The molecule has 110 valence electrons. The second kappa shape index (κ2) is 6.77. The van der Waals surface area contributed by atoms with Crippen molar-refractivity contribution in [1.29, 1.82) is 0 Å². The highest BCUT2D eigenvalue weighted by Gasteiger charge is 2.43. The van der Waals surface area contributed by atoms with Crippen LogP contribution in [0.3, 0.4) is 0 Å². The summed E-state index contributed by atoms with van der Waals surface area (Å²) in [6.07, 6.45) is -2.38. The number of likely N-dealkylation sites (tertiary alicyclic amines) is 1. The van der Waals surface area contributed by atoms with E-state index in [-0.39, 0.29) is 24.9 Å². The highest BCUT2D eigenvalue weighted by molar-refractivity contribution is 5.83. The Kier molecular flexibility index (Phi) is 5.62. The molecular weight excluding hydrogens is 261 g/mol. The van der Waals surface area contributed by atoms with Crippen molar-refractivity contribution in [3.63, 3.8) is 0 Å². The topological polar surface area (TPSA) is 49.4 Å². The van der Waals surface area contributed by atoms with Crippen LogP contribution in [0.25, 0.3) is 0 Å². The number of piperidine rings is 1. The van der Waals surface area contributed by atoms with Crippen molar-refractivity contribution in [3.05, 3.63) is 0 Å². The predicted molar refractivity (Wildman–Crippen MR) is 63.3 cm³/mol. The average molecular weight is 280 g/mol. The molecule has 0 aromatic heterocycles. The summed E-state index contributed by atoms with van der Waals surface area (Å²) in [4.78, 5) is 23.5. The minimum Gasteiger partial charge on any atom is -0.356 e. The summed E-state index contributed by atoms with van der Waals surface area (Å²) in [6.45, 7) is 2.58. The second-order valence-electron chi connectivity index (χ2n) is 4.71. The van der Waals surface area contributed by atoms with Gasteiger partial charge in [-0.1, -0.05) is 13.3 Å². The Morgan fingerprint density at radius 2 is 1.84 bits per heavy atom. The highest BCUT2D eigenvalue weighted by Crippen LogP contribution is 2.23. The molecule has 2 amide bonds. The van der Waals surface area contributed by atoms with E-state index < -0.39 is 12.1 Å². The van der Waals surface area contributed by atoms with Gasteiger partial charge in [0.05, 0.1) is 0 Å². The molecule has 0 aromatic rings. The van der Waals surface area contributed by atoms with E-state index in [9.17, 15) is 22.8 Å². The second-order valence-corrected chi connectivity index (χ2v) is 4.71. The van der Waals surface area contributed by atoms with E-state index >= 15 is 0 Å². The van der Waals surface area contributed by atoms with E-state index in [1.807, 2.05) is 6.92 Å². The first kappa shape index (κ1) is 15.8. The lowest BCUT2D eigenvalue weighted by Gasteiger charge is -2.31. The zero-order valence-corrected chi connectivity index (χ0v) is 10.9. The summed E-state index contributed by atoms with van der Waals surface area (Å²) in [6, 6.07) is 0. The van der Waals surface area contributed by atoms with E-state index in [1.165, 1.54) is 0 Å². The molecule has 0 spiro atoms. The van der Waals surface area contributed by atoms with Gasteiger partial charge >= 0.3 is 12.1 Å². The van der Waals surface area contributed by atoms with E-state index in [1.54, 1.807) is 0 Å². The smallest absolute Gasteiger partial charge is 0.356 e. The molecule has 1 saturated heterocycles. The molecular formula is C12H19F3N2O2. The normalized spacial score (nSPS) is 17.4. The number of nitrogens with zero attached hydrogens (tertiary/aromatic N) is 1. The van der Waals surface area contributed by atoms with Crippen molar-refractivity contribution < 1.29 is 22.8 Å². The van der Waals surface area contributed by atoms with E-state index in [2.05, 4.69) is 5.32 Å². The summed E-state index contributed by atoms with van der Waals surface area (Å²) in [5.74, 6) is -2.21. The van der Waals surface area contributed by atoms with Gasteiger partial charge in [-0.2, -0.15) is 13.2 Å². The van der Waals surface area contributed by atoms with Crippen LogP contribution in [0.1, 0.15) is 32.6 Å². The zero-order valence-electron chi connectivity index (χ0n) is 10.9. The molecule has 0 atom stereocenters. The van der Waals surface area contributed by atoms with Crippen LogP contribution in [-0.2, 0) is 9.59 Å². The minimum absolute atomic E-state index is 0.00971. The molecule has 0 radical (unpaired) electrons. The zero-order chi connectivity index (χ0) is 14.5. The molecule has 0 bridgehead atoms. The van der Waals surface area contributed by atoms with Crippen molar-refractivity contribution in [2.24, 2.45) is 5.92 Å². The summed E-state index contributed by atoms with van der Waals surface area (Å²) in [7, 11) is 0. The molecule has 1 fully saturated rings. The quantitative estimate of drug-likeness (QED) is 0.797. The van der Waals surface area contributed by atoms with Gasteiger partial charge in [0.25, 0.3) is 0 Å². The number of alkyl halides is 3. The lowest BCUT2D eigenvalue weighted by Crippen LogP contribution is -2.47. The first-order chi connectivity index (χ1) is 8.86. The first-order valence-corrected chi connectivity index (χ1v) is 6.50. The van der Waals surface area contributed by atoms with Gasteiger partial charge in [0.1, 0.15) is 0 Å². The van der Waals surface area contributed by atoms with E-state index in [4.69, 9.17) is 0 Å². The molecule has 0 aliphatic carbocycles. The molecule has 0 saturated carbocycles. The number of carbonyl (C=O) groups excluding carboxylic acids is 2. The largest absolute Gasteiger partial charge is 0.471 e. The van der Waals surface area contributed by atoms with Crippen LogP contribution in [-0.4, -0.2) is 42.5 Å². The number of amides is 2. The molecule has 1 aliphatic rings. The number of halogens is 3. The summed E-state index contributed by atoms with van der Waals surface area (Å²) in [5, 5.41) is 2.76. The number of hydrogen-bond acceptors (Lipinski definition) is 2. The molecule has 19 heavy (non-hydrogen) atoms. The van der Waals surface area contributed by atoms with Crippen LogP contribution in [0.4, 0.5) is 13.2 Å². The van der Waals surface area contributed by atoms with Crippen LogP contribution in [0, 0.1) is 5.92 Å². The summed E-state index contributed by atoms with van der Waals surface area (Å²) >= 11 is 0. The third-order valence-corrected chi connectivity index (χ3v) is 3.23. The Balaban J connectivity index is 2.36. The Morgan fingerprint density at radius 3 is 2.32 bits per heavy atom. The van der Waals surface area contributed by atoms with E-state index in [0.717, 1.165) is 17.7 Å². The van der Waals surface area contributed by atoms with Crippen molar-refractivity contribution >= 4 is 11.8 Å². The third-order valence-electron chi connectivity index (χ3n) is 3.23. The Labute approximate surface area is 110 Å². The van der Waals surface area contributed by atoms with Crippen LogP contribution >= 0.6 is 0 Å². The number of rotatable bonds is 4. The maximum atomic E-state index is 12.2. The fourth-order valence-corrected chi connectivity index (χ4v) is 2.06. The van der Waals surface area contributed by atoms with Gasteiger partial charge in [0.2, 0.25) is 5.91 Å².